The van der Waals surface area contributed by atoms with Gasteiger partial charge in [0.1, 0.15) is 0 Å². The Balaban J connectivity index is 1.50. The third-order valence-corrected chi connectivity index (χ3v) is 5.35. The molecule has 2 heterocycles. The number of hydrogen-bond donors (Lipinski definition) is 1. The molecular weight excluding hydrogens is 288 g/mol. The number of aromatic nitrogens is 2. The number of likely N-dealkylation sites (tertiary alicyclic amines) is 1. The molecule has 0 radical (unpaired) electrons. The Morgan fingerprint density at radius 2 is 1.91 bits per heavy atom. The molecule has 5 heteroatoms. The van der Waals surface area contributed by atoms with E-state index in [0.29, 0.717) is 11.8 Å². The van der Waals surface area contributed by atoms with Crippen molar-refractivity contribution in [1.29, 1.82) is 0 Å². The number of carbonyl (C=O) groups excluding carboxylic acids is 1. The van der Waals surface area contributed by atoms with E-state index >= 15 is 0 Å². The van der Waals surface area contributed by atoms with Gasteiger partial charge in [0, 0.05) is 11.9 Å². The third kappa shape index (κ3) is 3.39. The van der Waals surface area contributed by atoms with Crippen LogP contribution in [0.2, 0.25) is 0 Å². The quantitative estimate of drug-likeness (QED) is 0.875. The number of hydrogen-bond acceptors (Lipinski definition) is 4. The minimum atomic E-state index is -0.00810. The second-order valence-electron chi connectivity index (χ2n) is 7.41. The van der Waals surface area contributed by atoms with E-state index in [1.807, 2.05) is 13.0 Å². The molecule has 0 aromatic carbocycles. The Labute approximate surface area is 137 Å². The van der Waals surface area contributed by atoms with Crippen molar-refractivity contribution in [2.45, 2.75) is 57.5 Å². The predicted octanol–water partition coefficient (Wildman–Crippen LogP) is 2.23. The monoisotopic (exact) mass is 314 g/mol. The SMILES string of the molecule is Cc1ccnc([C@H](NC(=O)[C@@H](C2CC2)N2CCCC2)C2CC2)n1. The van der Waals surface area contributed by atoms with Gasteiger partial charge in [-0.05, 0) is 76.4 Å². The van der Waals surface area contributed by atoms with Crippen LogP contribution in [-0.4, -0.2) is 39.9 Å². The van der Waals surface area contributed by atoms with Gasteiger partial charge in [-0.1, -0.05) is 0 Å². The van der Waals surface area contributed by atoms with Gasteiger partial charge in [-0.15, -0.1) is 0 Å². The molecule has 3 aliphatic rings. The van der Waals surface area contributed by atoms with E-state index in [2.05, 4.69) is 20.2 Å². The first-order chi connectivity index (χ1) is 11.2. The van der Waals surface area contributed by atoms with Crippen molar-refractivity contribution in [3.05, 3.63) is 23.8 Å². The summed E-state index contributed by atoms with van der Waals surface area (Å²) in [4.78, 5) is 24.4. The molecule has 23 heavy (non-hydrogen) atoms. The molecule has 4 rings (SSSR count). The molecule has 1 aliphatic heterocycles. The van der Waals surface area contributed by atoms with Crippen LogP contribution in [0.4, 0.5) is 0 Å². The van der Waals surface area contributed by atoms with Crippen LogP contribution in [0.3, 0.4) is 0 Å². The average molecular weight is 314 g/mol. The van der Waals surface area contributed by atoms with Crippen molar-refractivity contribution in [3.8, 4) is 0 Å². The fraction of sp³-hybridized carbons (Fsp3) is 0.722. The van der Waals surface area contributed by atoms with Crippen LogP contribution >= 0.6 is 0 Å². The Bertz CT molecular complexity index is 576. The maximum absolute atomic E-state index is 13.0. The van der Waals surface area contributed by atoms with Crippen LogP contribution in [0.15, 0.2) is 12.3 Å². The summed E-state index contributed by atoms with van der Waals surface area (Å²) in [5.41, 5.74) is 0.966. The highest BCUT2D eigenvalue weighted by Gasteiger charge is 2.43. The van der Waals surface area contributed by atoms with Gasteiger partial charge in [0.05, 0.1) is 12.1 Å². The summed E-state index contributed by atoms with van der Waals surface area (Å²) < 4.78 is 0. The van der Waals surface area contributed by atoms with E-state index in [4.69, 9.17) is 0 Å². The maximum Gasteiger partial charge on any atom is 0.238 e. The fourth-order valence-electron chi connectivity index (χ4n) is 3.79. The Kier molecular flexibility index (Phi) is 4.05. The molecule has 2 saturated carbocycles. The van der Waals surface area contributed by atoms with Crippen molar-refractivity contribution in [1.82, 2.24) is 20.2 Å². The van der Waals surface area contributed by atoms with Crippen molar-refractivity contribution >= 4 is 5.91 Å². The zero-order chi connectivity index (χ0) is 15.8. The standard InChI is InChI=1S/C18H26N4O/c1-12-8-9-19-17(20-12)15(13-4-5-13)21-18(23)16(14-6-7-14)22-10-2-3-11-22/h8-9,13-16H,2-7,10-11H2,1H3,(H,21,23)/t15-,16-/m1/s1. The van der Waals surface area contributed by atoms with Crippen LogP contribution in [0.25, 0.3) is 0 Å². The van der Waals surface area contributed by atoms with Crippen LogP contribution in [-0.2, 0) is 4.79 Å². The molecule has 1 saturated heterocycles. The minimum absolute atomic E-state index is 0.00810. The first-order valence-electron chi connectivity index (χ1n) is 9.06. The number of aryl methyl sites for hydroxylation is 1. The first-order valence-corrected chi connectivity index (χ1v) is 9.06. The summed E-state index contributed by atoms with van der Waals surface area (Å²) in [6, 6.07) is 1.97. The summed E-state index contributed by atoms with van der Waals surface area (Å²) in [5.74, 6) is 2.07. The Morgan fingerprint density at radius 3 is 2.52 bits per heavy atom. The molecule has 3 fully saturated rings. The summed E-state index contributed by atoms with van der Waals surface area (Å²) >= 11 is 0. The van der Waals surface area contributed by atoms with Gasteiger partial charge in [-0.25, -0.2) is 9.97 Å². The van der Waals surface area contributed by atoms with E-state index in [0.717, 1.165) is 24.6 Å². The Morgan fingerprint density at radius 1 is 1.22 bits per heavy atom. The van der Waals surface area contributed by atoms with Crippen LogP contribution in [0.5, 0.6) is 0 Å². The largest absolute Gasteiger partial charge is 0.344 e. The van der Waals surface area contributed by atoms with Crippen molar-refractivity contribution < 1.29 is 4.79 Å². The van der Waals surface area contributed by atoms with E-state index in [9.17, 15) is 4.79 Å². The maximum atomic E-state index is 13.0. The van der Waals surface area contributed by atoms with E-state index in [-0.39, 0.29) is 18.0 Å². The lowest BCUT2D eigenvalue weighted by molar-refractivity contribution is -0.127. The number of nitrogens with zero attached hydrogens (tertiary/aromatic N) is 3. The number of nitrogens with one attached hydrogen (secondary N) is 1. The molecular formula is C18H26N4O. The van der Waals surface area contributed by atoms with Crippen LogP contribution in [0, 0.1) is 18.8 Å². The molecule has 5 nitrogen and oxygen atoms in total. The molecule has 1 amide bonds. The highest BCUT2D eigenvalue weighted by atomic mass is 16.2. The van der Waals surface area contributed by atoms with Gasteiger partial charge in [0.2, 0.25) is 5.91 Å². The van der Waals surface area contributed by atoms with Gasteiger partial charge < -0.3 is 5.32 Å². The molecule has 1 N–H and O–H groups in total. The fourth-order valence-corrected chi connectivity index (χ4v) is 3.79. The zero-order valence-electron chi connectivity index (χ0n) is 13.9. The molecule has 0 unspecified atom stereocenters. The molecule has 2 aliphatic carbocycles. The lowest BCUT2D eigenvalue weighted by atomic mass is 10.1. The third-order valence-electron chi connectivity index (χ3n) is 5.35. The van der Waals surface area contributed by atoms with Crippen LogP contribution < -0.4 is 5.32 Å². The lowest BCUT2D eigenvalue weighted by Gasteiger charge is -2.28. The molecule has 1 aromatic rings. The van der Waals surface area contributed by atoms with Crippen molar-refractivity contribution in [2.75, 3.05) is 13.1 Å². The molecule has 0 bridgehead atoms. The molecule has 0 spiro atoms. The topological polar surface area (TPSA) is 58.1 Å². The zero-order valence-corrected chi connectivity index (χ0v) is 13.9. The smallest absolute Gasteiger partial charge is 0.238 e. The van der Waals surface area contributed by atoms with Gasteiger partial charge in [0.15, 0.2) is 5.82 Å². The van der Waals surface area contributed by atoms with E-state index in [1.54, 1.807) is 6.20 Å². The Hall–Kier alpha value is -1.49. The van der Waals surface area contributed by atoms with Crippen molar-refractivity contribution in [2.24, 2.45) is 11.8 Å². The van der Waals surface area contributed by atoms with E-state index in [1.165, 1.54) is 38.5 Å². The van der Waals surface area contributed by atoms with Gasteiger partial charge in [0.25, 0.3) is 0 Å². The highest BCUT2D eigenvalue weighted by Crippen LogP contribution is 2.41. The summed E-state index contributed by atoms with van der Waals surface area (Å²) in [5, 5.41) is 3.32. The summed E-state index contributed by atoms with van der Waals surface area (Å²) in [7, 11) is 0. The summed E-state index contributed by atoms with van der Waals surface area (Å²) in [6.45, 7) is 4.13. The second-order valence-corrected chi connectivity index (χ2v) is 7.41. The normalized spacial score (nSPS) is 24.4. The molecule has 124 valence electrons. The van der Waals surface area contributed by atoms with Gasteiger partial charge in [-0.3, -0.25) is 9.69 Å². The van der Waals surface area contributed by atoms with Crippen LogP contribution in [0.1, 0.15) is 56.1 Å². The minimum Gasteiger partial charge on any atom is -0.344 e. The first kappa shape index (κ1) is 15.1. The molecule has 1 aromatic heterocycles. The van der Waals surface area contributed by atoms with Gasteiger partial charge >= 0.3 is 0 Å². The average Bonchev–Trinajstić information content (AvgIpc) is 3.45. The molecule has 2 atom stereocenters. The van der Waals surface area contributed by atoms with E-state index < -0.39 is 0 Å². The summed E-state index contributed by atoms with van der Waals surface area (Å²) in [6.07, 6.45) is 8.98. The number of amides is 1. The highest BCUT2D eigenvalue weighted by molar-refractivity contribution is 5.83. The number of rotatable bonds is 6. The van der Waals surface area contributed by atoms with Crippen molar-refractivity contribution in [3.63, 3.8) is 0 Å². The second kappa shape index (κ2) is 6.19. The lowest BCUT2D eigenvalue weighted by Crippen LogP contribution is -2.48. The van der Waals surface area contributed by atoms with Gasteiger partial charge in [-0.2, -0.15) is 0 Å². The number of carbonyl (C=O) groups is 1. The predicted molar refractivity (Wildman–Crippen MR) is 87.7 cm³/mol.